The van der Waals surface area contributed by atoms with Gasteiger partial charge in [-0.15, -0.1) is 0 Å². The van der Waals surface area contributed by atoms with Gasteiger partial charge in [0.05, 0.1) is 13.2 Å². The fraction of sp³-hybridized carbons (Fsp3) is 0.692. The van der Waals surface area contributed by atoms with Crippen LogP contribution in [0.15, 0.2) is 23.8 Å². The summed E-state index contributed by atoms with van der Waals surface area (Å²) in [5.41, 5.74) is 1.98. The quantitative estimate of drug-likeness (QED) is 0.652. The highest BCUT2D eigenvalue weighted by atomic mass is 16.5. The van der Waals surface area contributed by atoms with Gasteiger partial charge in [-0.2, -0.15) is 0 Å². The first kappa shape index (κ1) is 9.61. The molecule has 0 aromatic carbocycles. The molecule has 1 spiro atoms. The van der Waals surface area contributed by atoms with Crippen molar-refractivity contribution in [3.63, 3.8) is 0 Å². The molecule has 2 nitrogen and oxygen atoms in total. The average molecular weight is 205 g/mol. The molecule has 2 saturated heterocycles. The molecule has 2 fully saturated rings. The Morgan fingerprint density at radius 3 is 3.07 bits per heavy atom. The van der Waals surface area contributed by atoms with Crippen LogP contribution in [0.4, 0.5) is 0 Å². The van der Waals surface area contributed by atoms with Gasteiger partial charge in [0.15, 0.2) is 0 Å². The Morgan fingerprint density at radius 2 is 2.20 bits per heavy atom. The lowest BCUT2D eigenvalue weighted by Gasteiger charge is -2.48. The zero-order valence-electron chi connectivity index (χ0n) is 9.17. The van der Waals surface area contributed by atoms with E-state index in [-0.39, 0.29) is 0 Å². The van der Waals surface area contributed by atoms with Gasteiger partial charge >= 0.3 is 0 Å². The van der Waals surface area contributed by atoms with E-state index in [2.05, 4.69) is 23.5 Å². The number of nitrogens with one attached hydrogen (secondary N) is 1. The predicted octanol–water partition coefficient (Wildman–Crippen LogP) is 1.89. The maximum absolute atomic E-state index is 5.80. The largest absolute Gasteiger partial charge is 0.376 e. The summed E-state index contributed by atoms with van der Waals surface area (Å²) in [6.45, 7) is 4.17. The zero-order valence-corrected chi connectivity index (χ0v) is 9.17. The summed E-state index contributed by atoms with van der Waals surface area (Å²) >= 11 is 0. The van der Waals surface area contributed by atoms with Crippen LogP contribution in [0.2, 0.25) is 0 Å². The van der Waals surface area contributed by atoms with Crippen molar-refractivity contribution in [2.45, 2.75) is 19.3 Å². The van der Waals surface area contributed by atoms with Crippen molar-refractivity contribution in [2.75, 3.05) is 26.3 Å². The van der Waals surface area contributed by atoms with Crippen LogP contribution in [-0.4, -0.2) is 26.3 Å². The van der Waals surface area contributed by atoms with Crippen LogP contribution in [0.5, 0.6) is 0 Å². The monoisotopic (exact) mass is 205 g/mol. The van der Waals surface area contributed by atoms with Gasteiger partial charge in [-0.05, 0) is 43.8 Å². The summed E-state index contributed by atoms with van der Waals surface area (Å²) in [5.74, 6) is 0.762. The number of hydrogen-bond donors (Lipinski definition) is 1. The highest BCUT2D eigenvalue weighted by molar-refractivity contribution is 5.25. The van der Waals surface area contributed by atoms with Gasteiger partial charge in [0, 0.05) is 5.41 Å². The van der Waals surface area contributed by atoms with Gasteiger partial charge in [-0.1, -0.05) is 18.2 Å². The SMILES string of the molecule is C1=CCC2C(=C1)COCC21CCNCC1. The Kier molecular flexibility index (Phi) is 2.41. The fourth-order valence-corrected chi connectivity index (χ4v) is 3.36. The lowest BCUT2D eigenvalue weighted by atomic mass is 9.63. The molecule has 15 heavy (non-hydrogen) atoms. The smallest absolute Gasteiger partial charge is 0.0683 e. The molecule has 1 unspecified atom stereocenters. The standard InChI is InChI=1S/C13H19NO/c1-2-4-12-11(3-1)9-15-10-13(12)5-7-14-8-6-13/h1-3,12,14H,4-10H2. The molecule has 1 atom stereocenters. The van der Waals surface area contributed by atoms with Gasteiger partial charge in [0.1, 0.15) is 0 Å². The van der Waals surface area contributed by atoms with Crippen LogP contribution in [0, 0.1) is 11.3 Å². The third-order valence-electron chi connectivity index (χ3n) is 4.26. The second kappa shape index (κ2) is 3.76. The predicted molar refractivity (Wildman–Crippen MR) is 60.7 cm³/mol. The molecular formula is C13H19NO. The highest BCUT2D eigenvalue weighted by Gasteiger charge is 2.44. The first-order valence-corrected chi connectivity index (χ1v) is 6.05. The van der Waals surface area contributed by atoms with Crippen LogP contribution in [-0.2, 0) is 4.74 Å². The summed E-state index contributed by atoms with van der Waals surface area (Å²) in [6, 6.07) is 0. The van der Waals surface area contributed by atoms with Crippen LogP contribution in [0.1, 0.15) is 19.3 Å². The van der Waals surface area contributed by atoms with E-state index in [1.807, 2.05) is 0 Å². The lowest BCUT2D eigenvalue weighted by molar-refractivity contribution is -0.0343. The third kappa shape index (κ3) is 1.56. The van der Waals surface area contributed by atoms with Crippen molar-refractivity contribution >= 4 is 0 Å². The van der Waals surface area contributed by atoms with E-state index in [1.165, 1.54) is 24.8 Å². The number of piperidine rings is 1. The molecule has 3 aliphatic rings. The minimum atomic E-state index is 0.445. The van der Waals surface area contributed by atoms with Crippen LogP contribution in [0.25, 0.3) is 0 Å². The molecule has 1 N–H and O–H groups in total. The van der Waals surface area contributed by atoms with E-state index in [0.29, 0.717) is 5.41 Å². The number of fused-ring (bicyclic) bond motifs is 2. The maximum atomic E-state index is 5.80. The highest BCUT2D eigenvalue weighted by Crippen LogP contribution is 2.47. The maximum Gasteiger partial charge on any atom is 0.0683 e. The Morgan fingerprint density at radius 1 is 1.33 bits per heavy atom. The summed E-state index contributed by atoms with van der Waals surface area (Å²) < 4.78 is 5.80. The second-order valence-corrected chi connectivity index (χ2v) is 5.06. The van der Waals surface area contributed by atoms with Crippen LogP contribution in [0.3, 0.4) is 0 Å². The molecule has 0 amide bonds. The molecule has 2 aliphatic heterocycles. The van der Waals surface area contributed by atoms with Gasteiger partial charge < -0.3 is 10.1 Å². The molecule has 0 aromatic heterocycles. The van der Waals surface area contributed by atoms with Crippen molar-refractivity contribution in [1.82, 2.24) is 5.32 Å². The third-order valence-corrected chi connectivity index (χ3v) is 4.26. The normalized spacial score (nSPS) is 33.6. The van der Waals surface area contributed by atoms with E-state index >= 15 is 0 Å². The molecule has 0 radical (unpaired) electrons. The minimum absolute atomic E-state index is 0.445. The van der Waals surface area contributed by atoms with E-state index in [4.69, 9.17) is 4.74 Å². The second-order valence-electron chi connectivity index (χ2n) is 5.06. The van der Waals surface area contributed by atoms with Gasteiger partial charge in [-0.3, -0.25) is 0 Å². The molecule has 3 rings (SSSR count). The summed E-state index contributed by atoms with van der Waals surface area (Å²) in [5, 5.41) is 3.46. The number of ether oxygens (including phenoxy) is 1. The first-order valence-electron chi connectivity index (χ1n) is 6.05. The molecule has 2 heterocycles. The van der Waals surface area contributed by atoms with Crippen molar-refractivity contribution in [3.8, 4) is 0 Å². The van der Waals surface area contributed by atoms with Crippen LogP contribution < -0.4 is 5.32 Å². The van der Waals surface area contributed by atoms with E-state index in [0.717, 1.165) is 32.2 Å². The summed E-state index contributed by atoms with van der Waals surface area (Å²) in [6.07, 6.45) is 10.6. The Bertz CT molecular complexity index is 294. The first-order chi connectivity index (χ1) is 7.41. The van der Waals surface area contributed by atoms with Crippen molar-refractivity contribution in [2.24, 2.45) is 11.3 Å². The Labute approximate surface area is 91.4 Å². The van der Waals surface area contributed by atoms with Gasteiger partial charge in [0.25, 0.3) is 0 Å². The molecule has 0 aromatic rings. The van der Waals surface area contributed by atoms with Crippen molar-refractivity contribution in [3.05, 3.63) is 23.8 Å². The molecule has 0 saturated carbocycles. The topological polar surface area (TPSA) is 21.3 Å². The summed E-state index contributed by atoms with van der Waals surface area (Å²) in [7, 11) is 0. The van der Waals surface area contributed by atoms with Gasteiger partial charge in [-0.25, -0.2) is 0 Å². The lowest BCUT2D eigenvalue weighted by Crippen LogP contribution is -2.48. The van der Waals surface area contributed by atoms with Crippen molar-refractivity contribution < 1.29 is 4.74 Å². The molecule has 0 bridgehead atoms. The molecule has 2 heteroatoms. The minimum Gasteiger partial charge on any atom is -0.376 e. The fourth-order valence-electron chi connectivity index (χ4n) is 3.36. The van der Waals surface area contributed by atoms with Crippen molar-refractivity contribution in [1.29, 1.82) is 0 Å². The van der Waals surface area contributed by atoms with E-state index < -0.39 is 0 Å². The van der Waals surface area contributed by atoms with Gasteiger partial charge in [0.2, 0.25) is 0 Å². The van der Waals surface area contributed by atoms with E-state index in [1.54, 1.807) is 0 Å². The van der Waals surface area contributed by atoms with E-state index in [9.17, 15) is 0 Å². The Balaban J connectivity index is 1.88. The van der Waals surface area contributed by atoms with Crippen LogP contribution >= 0.6 is 0 Å². The number of hydrogen-bond acceptors (Lipinski definition) is 2. The average Bonchev–Trinajstić information content (AvgIpc) is 2.31. The summed E-state index contributed by atoms with van der Waals surface area (Å²) in [4.78, 5) is 0. The Hall–Kier alpha value is -0.600. The number of rotatable bonds is 0. The molecule has 82 valence electrons. The zero-order chi connectivity index (χ0) is 10.1. The molecular weight excluding hydrogens is 186 g/mol. The number of allylic oxidation sites excluding steroid dienone is 3. The molecule has 1 aliphatic carbocycles.